The summed E-state index contributed by atoms with van der Waals surface area (Å²) in [4.78, 5) is 0. The maximum absolute atomic E-state index is 6.39. The number of nitrogens with one attached hydrogen (secondary N) is 1. The molecule has 0 heterocycles. The Bertz CT molecular complexity index is 208. The molecule has 2 fully saturated rings. The van der Waals surface area contributed by atoms with E-state index in [1.165, 1.54) is 44.9 Å². The van der Waals surface area contributed by atoms with Gasteiger partial charge >= 0.3 is 0 Å². The molecular weight excluding hydrogens is 200 g/mol. The SMILES string of the molecule is CCOC1CC(NCC2(N)CCCCC2)C1. The first-order valence-corrected chi connectivity index (χ1v) is 6.86. The van der Waals surface area contributed by atoms with Crippen molar-refractivity contribution >= 4 is 0 Å². The second-order valence-electron chi connectivity index (χ2n) is 5.55. The average molecular weight is 226 g/mol. The number of hydrogen-bond acceptors (Lipinski definition) is 3. The highest BCUT2D eigenvalue weighted by atomic mass is 16.5. The summed E-state index contributed by atoms with van der Waals surface area (Å²) in [5.41, 5.74) is 6.46. The highest BCUT2D eigenvalue weighted by Gasteiger charge is 2.32. The summed E-state index contributed by atoms with van der Waals surface area (Å²) in [5, 5.41) is 3.61. The van der Waals surface area contributed by atoms with Crippen molar-refractivity contribution in [2.75, 3.05) is 13.2 Å². The number of ether oxygens (including phenoxy) is 1. The van der Waals surface area contributed by atoms with Gasteiger partial charge in [0, 0.05) is 24.7 Å². The van der Waals surface area contributed by atoms with Crippen molar-refractivity contribution in [1.82, 2.24) is 5.32 Å². The normalized spacial score (nSPS) is 33.4. The second-order valence-corrected chi connectivity index (χ2v) is 5.55. The molecule has 94 valence electrons. The predicted molar refractivity (Wildman–Crippen MR) is 66.4 cm³/mol. The van der Waals surface area contributed by atoms with Crippen molar-refractivity contribution in [1.29, 1.82) is 0 Å². The first-order chi connectivity index (χ1) is 7.72. The Hall–Kier alpha value is -0.120. The highest BCUT2D eigenvalue weighted by Crippen LogP contribution is 2.27. The fourth-order valence-electron chi connectivity index (χ4n) is 2.88. The lowest BCUT2D eigenvalue weighted by atomic mass is 9.81. The van der Waals surface area contributed by atoms with Crippen LogP contribution in [-0.2, 0) is 4.74 Å². The minimum Gasteiger partial charge on any atom is -0.378 e. The number of rotatable bonds is 5. The average Bonchev–Trinajstić information content (AvgIpc) is 2.22. The van der Waals surface area contributed by atoms with Crippen molar-refractivity contribution < 1.29 is 4.74 Å². The van der Waals surface area contributed by atoms with Crippen molar-refractivity contribution in [3.63, 3.8) is 0 Å². The van der Waals surface area contributed by atoms with Gasteiger partial charge in [0.2, 0.25) is 0 Å². The van der Waals surface area contributed by atoms with E-state index < -0.39 is 0 Å². The number of nitrogens with two attached hydrogens (primary N) is 1. The van der Waals surface area contributed by atoms with Crippen molar-refractivity contribution in [3.8, 4) is 0 Å². The summed E-state index contributed by atoms with van der Waals surface area (Å²) in [7, 11) is 0. The van der Waals surface area contributed by atoms with E-state index in [0.717, 1.165) is 13.2 Å². The monoisotopic (exact) mass is 226 g/mol. The first kappa shape index (κ1) is 12.3. The molecular formula is C13H26N2O. The van der Waals surface area contributed by atoms with Gasteiger partial charge in [0.1, 0.15) is 0 Å². The van der Waals surface area contributed by atoms with E-state index in [1.54, 1.807) is 0 Å². The van der Waals surface area contributed by atoms with Crippen LogP contribution >= 0.6 is 0 Å². The van der Waals surface area contributed by atoms with Crippen LogP contribution in [0.4, 0.5) is 0 Å². The van der Waals surface area contributed by atoms with Gasteiger partial charge in [-0.25, -0.2) is 0 Å². The van der Waals surface area contributed by atoms with Crippen molar-refractivity contribution in [2.45, 2.75) is 69.6 Å². The Morgan fingerprint density at radius 3 is 2.56 bits per heavy atom. The molecule has 0 aromatic rings. The predicted octanol–water partition coefficient (Wildman–Crippen LogP) is 1.81. The smallest absolute Gasteiger partial charge is 0.0604 e. The molecule has 2 aliphatic rings. The minimum absolute atomic E-state index is 0.0783. The van der Waals surface area contributed by atoms with Gasteiger partial charge < -0.3 is 15.8 Å². The second kappa shape index (κ2) is 5.48. The van der Waals surface area contributed by atoms with Gasteiger partial charge in [-0.2, -0.15) is 0 Å². The third kappa shape index (κ3) is 3.19. The van der Waals surface area contributed by atoms with Gasteiger partial charge in [-0.15, -0.1) is 0 Å². The molecule has 3 nitrogen and oxygen atoms in total. The lowest BCUT2D eigenvalue weighted by Crippen LogP contribution is -2.55. The first-order valence-electron chi connectivity index (χ1n) is 6.86. The van der Waals surface area contributed by atoms with E-state index in [0.29, 0.717) is 12.1 Å². The van der Waals surface area contributed by atoms with Crippen LogP contribution in [-0.4, -0.2) is 30.8 Å². The van der Waals surface area contributed by atoms with Crippen LogP contribution < -0.4 is 11.1 Å². The fraction of sp³-hybridized carbons (Fsp3) is 1.00. The largest absolute Gasteiger partial charge is 0.378 e. The van der Waals surface area contributed by atoms with E-state index in [-0.39, 0.29) is 5.54 Å². The Kier molecular flexibility index (Phi) is 4.22. The summed E-state index contributed by atoms with van der Waals surface area (Å²) in [6.45, 7) is 3.91. The van der Waals surface area contributed by atoms with Crippen LogP contribution in [0.1, 0.15) is 51.9 Å². The van der Waals surface area contributed by atoms with E-state index in [4.69, 9.17) is 10.5 Å². The van der Waals surface area contributed by atoms with Gasteiger partial charge in [-0.05, 0) is 32.6 Å². The zero-order valence-corrected chi connectivity index (χ0v) is 10.5. The van der Waals surface area contributed by atoms with E-state index in [1.807, 2.05) is 0 Å². The molecule has 0 saturated heterocycles. The van der Waals surface area contributed by atoms with Crippen LogP contribution in [0.25, 0.3) is 0 Å². The van der Waals surface area contributed by atoms with E-state index in [2.05, 4.69) is 12.2 Å². The standard InChI is InChI=1S/C13H26N2O/c1-2-16-12-8-11(9-12)15-10-13(14)6-4-3-5-7-13/h11-12,15H,2-10,14H2,1H3. The van der Waals surface area contributed by atoms with Gasteiger partial charge in [0.05, 0.1) is 6.10 Å². The quantitative estimate of drug-likeness (QED) is 0.751. The van der Waals surface area contributed by atoms with Crippen molar-refractivity contribution in [2.24, 2.45) is 5.73 Å². The van der Waals surface area contributed by atoms with Gasteiger partial charge in [-0.3, -0.25) is 0 Å². The Morgan fingerprint density at radius 1 is 1.25 bits per heavy atom. The molecule has 2 rings (SSSR count). The molecule has 3 heteroatoms. The van der Waals surface area contributed by atoms with Gasteiger partial charge in [-0.1, -0.05) is 19.3 Å². The molecule has 2 aliphatic carbocycles. The summed E-state index contributed by atoms with van der Waals surface area (Å²) >= 11 is 0. The third-order valence-electron chi connectivity index (χ3n) is 4.09. The Morgan fingerprint density at radius 2 is 1.94 bits per heavy atom. The Labute approximate surface area is 99.1 Å². The molecule has 0 radical (unpaired) electrons. The molecule has 0 amide bonds. The minimum atomic E-state index is 0.0783. The van der Waals surface area contributed by atoms with Crippen LogP contribution in [0, 0.1) is 0 Å². The molecule has 0 spiro atoms. The summed E-state index contributed by atoms with van der Waals surface area (Å²) in [5.74, 6) is 0. The van der Waals surface area contributed by atoms with Crippen LogP contribution in [0.15, 0.2) is 0 Å². The maximum Gasteiger partial charge on any atom is 0.0604 e. The summed E-state index contributed by atoms with van der Waals surface area (Å²) < 4.78 is 5.55. The summed E-state index contributed by atoms with van der Waals surface area (Å²) in [6, 6.07) is 0.652. The highest BCUT2D eigenvalue weighted by molar-refractivity contribution is 4.93. The molecule has 16 heavy (non-hydrogen) atoms. The zero-order chi connectivity index (χ0) is 11.4. The zero-order valence-electron chi connectivity index (χ0n) is 10.5. The molecule has 2 saturated carbocycles. The molecule has 0 aromatic heterocycles. The topological polar surface area (TPSA) is 47.3 Å². The molecule has 0 bridgehead atoms. The van der Waals surface area contributed by atoms with Crippen LogP contribution in [0.5, 0.6) is 0 Å². The maximum atomic E-state index is 6.39. The van der Waals surface area contributed by atoms with Crippen LogP contribution in [0.3, 0.4) is 0 Å². The molecule has 3 N–H and O–H groups in total. The van der Waals surface area contributed by atoms with Gasteiger partial charge in [0.15, 0.2) is 0 Å². The van der Waals surface area contributed by atoms with Crippen LogP contribution in [0.2, 0.25) is 0 Å². The number of hydrogen-bond donors (Lipinski definition) is 2. The van der Waals surface area contributed by atoms with E-state index >= 15 is 0 Å². The lowest BCUT2D eigenvalue weighted by Gasteiger charge is -2.40. The molecule has 0 aliphatic heterocycles. The Balaban J connectivity index is 1.61. The van der Waals surface area contributed by atoms with Crippen molar-refractivity contribution in [3.05, 3.63) is 0 Å². The lowest BCUT2D eigenvalue weighted by molar-refractivity contribution is -0.0113. The molecule has 0 unspecified atom stereocenters. The van der Waals surface area contributed by atoms with E-state index in [9.17, 15) is 0 Å². The van der Waals surface area contributed by atoms with Gasteiger partial charge in [0.25, 0.3) is 0 Å². The summed E-state index contributed by atoms with van der Waals surface area (Å²) in [6.07, 6.45) is 9.23. The fourth-order valence-corrected chi connectivity index (χ4v) is 2.88. The molecule has 0 atom stereocenters. The molecule has 0 aromatic carbocycles. The third-order valence-corrected chi connectivity index (χ3v) is 4.09.